The second-order valence-electron chi connectivity index (χ2n) is 9.14. The summed E-state index contributed by atoms with van der Waals surface area (Å²) in [7, 11) is -3.80. The zero-order chi connectivity index (χ0) is 25.2. The van der Waals surface area contributed by atoms with E-state index in [2.05, 4.69) is 10.3 Å². The standard InChI is InChI=1S/C23H28N4O7S/c1-15(2)10-18(25-23(30)34-17-6-9-33-13-17)22(29)26-8-5-19-21(26)20(28)12-27(19)35(31,32)14-16-4-3-7-24-11-16/h3-4,6-7,9,11,13,15,18-19,21H,5,8,10,12,14H2,1-2H3,(H,25,30). The molecule has 12 heteroatoms. The lowest BCUT2D eigenvalue weighted by Gasteiger charge is -2.28. The number of rotatable bonds is 8. The summed E-state index contributed by atoms with van der Waals surface area (Å²) >= 11 is 0. The molecule has 2 aromatic heterocycles. The molecule has 0 aliphatic carbocycles. The molecule has 188 valence electrons. The number of furan rings is 1. The van der Waals surface area contributed by atoms with E-state index in [-0.39, 0.29) is 36.3 Å². The number of ether oxygens (including phenoxy) is 1. The molecule has 2 saturated heterocycles. The van der Waals surface area contributed by atoms with E-state index in [9.17, 15) is 22.8 Å². The molecular formula is C23H28N4O7S. The van der Waals surface area contributed by atoms with E-state index >= 15 is 0 Å². The van der Waals surface area contributed by atoms with Crippen molar-refractivity contribution in [3.8, 4) is 5.75 Å². The fraction of sp³-hybridized carbons (Fsp3) is 0.478. The van der Waals surface area contributed by atoms with Gasteiger partial charge in [-0.1, -0.05) is 19.9 Å². The highest BCUT2D eigenvalue weighted by Gasteiger charge is 2.54. The number of amides is 2. The Kier molecular flexibility index (Phi) is 7.22. The molecule has 35 heavy (non-hydrogen) atoms. The van der Waals surface area contributed by atoms with Crippen LogP contribution in [0, 0.1) is 5.92 Å². The van der Waals surface area contributed by atoms with Crippen LogP contribution in [0.25, 0.3) is 0 Å². The average Bonchev–Trinajstić information content (AvgIpc) is 3.52. The summed E-state index contributed by atoms with van der Waals surface area (Å²) in [5, 5.41) is 2.59. The van der Waals surface area contributed by atoms with Gasteiger partial charge in [-0.3, -0.25) is 14.6 Å². The van der Waals surface area contributed by atoms with Gasteiger partial charge in [-0.15, -0.1) is 0 Å². The number of fused-ring (bicyclic) bond motifs is 1. The molecule has 0 aromatic carbocycles. The molecule has 2 aliphatic rings. The SMILES string of the molecule is CC(C)CC(NC(=O)Oc1ccoc1)C(=O)N1CCC2C1C(=O)CN2S(=O)(=O)Cc1cccnc1. The molecule has 4 heterocycles. The van der Waals surface area contributed by atoms with E-state index in [1.165, 1.54) is 34.0 Å². The molecule has 0 radical (unpaired) electrons. The quantitative estimate of drug-likeness (QED) is 0.571. The number of carbonyl (C=O) groups excluding carboxylic acids is 3. The smallest absolute Gasteiger partial charge is 0.413 e. The first-order chi connectivity index (χ1) is 16.7. The lowest BCUT2D eigenvalue weighted by atomic mass is 10.0. The van der Waals surface area contributed by atoms with Crippen LogP contribution in [0.4, 0.5) is 4.79 Å². The van der Waals surface area contributed by atoms with Crippen molar-refractivity contribution in [2.75, 3.05) is 13.1 Å². The number of likely N-dealkylation sites (tertiary alicyclic amines) is 1. The minimum absolute atomic E-state index is 0.0622. The van der Waals surface area contributed by atoms with Crippen LogP contribution in [0.1, 0.15) is 32.3 Å². The maximum Gasteiger partial charge on any atom is 0.413 e. The maximum atomic E-state index is 13.5. The number of pyridine rings is 1. The first-order valence-electron chi connectivity index (χ1n) is 11.4. The van der Waals surface area contributed by atoms with Crippen molar-refractivity contribution >= 4 is 27.8 Å². The molecule has 2 aliphatic heterocycles. The summed E-state index contributed by atoms with van der Waals surface area (Å²) in [5.74, 6) is -0.787. The first kappa shape index (κ1) is 24.9. The van der Waals surface area contributed by atoms with Gasteiger partial charge in [-0.2, -0.15) is 4.31 Å². The second-order valence-corrected chi connectivity index (χ2v) is 11.1. The molecule has 2 amide bonds. The first-order valence-corrected chi connectivity index (χ1v) is 13.0. The molecule has 11 nitrogen and oxygen atoms in total. The minimum Gasteiger partial charge on any atom is -0.469 e. The zero-order valence-corrected chi connectivity index (χ0v) is 20.3. The van der Waals surface area contributed by atoms with Gasteiger partial charge in [0.2, 0.25) is 15.9 Å². The van der Waals surface area contributed by atoms with E-state index in [1.807, 2.05) is 13.8 Å². The van der Waals surface area contributed by atoms with Gasteiger partial charge in [0.05, 0.1) is 24.6 Å². The summed E-state index contributed by atoms with van der Waals surface area (Å²) in [6.45, 7) is 3.74. The van der Waals surface area contributed by atoms with Crippen LogP contribution in [0.3, 0.4) is 0 Å². The van der Waals surface area contributed by atoms with Gasteiger partial charge in [0, 0.05) is 25.0 Å². The predicted molar refractivity (Wildman–Crippen MR) is 124 cm³/mol. The zero-order valence-electron chi connectivity index (χ0n) is 19.5. The number of ketones is 1. The third-order valence-corrected chi connectivity index (χ3v) is 7.91. The van der Waals surface area contributed by atoms with Crippen molar-refractivity contribution in [3.63, 3.8) is 0 Å². The lowest BCUT2D eigenvalue weighted by Crippen LogP contribution is -2.53. The van der Waals surface area contributed by atoms with E-state index in [0.29, 0.717) is 18.4 Å². The number of Topliss-reactive ketones (excluding diaryl/α,β-unsaturated/α-hetero) is 1. The van der Waals surface area contributed by atoms with Gasteiger partial charge in [0.1, 0.15) is 18.3 Å². The predicted octanol–water partition coefficient (Wildman–Crippen LogP) is 1.56. The van der Waals surface area contributed by atoms with Gasteiger partial charge in [-0.25, -0.2) is 13.2 Å². The molecule has 4 rings (SSSR count). The average molecular weight is 505 g/mol. The van der Waals surface area contributed by atoms with Crippen molar-refractivity contribution in [2.45, 2.75) is 50.6 Å². The minimum atomic E-state index is -3.80. The summed E-state index contributed by atoms with van der Waals surface area (Å²) in [4.78, 5) is 44.1. The summed E-state index contributed by atoms with van der Waals surface area (Å²) in [6, 6.07) is 2.33. The van der Waals surface area contributed by atoms with Crippen LogP contribution in [0.15, 0.2) is 47.5 Å². The highest BCUT2D eigenvalue weighted by molar-refractivity contribution is 7.88. The third-order valence-electron chi connectivity index (χ3n) is 6.09. The normalized spacial score (nSPS) is 21.2. The molecule has 2 fully saturated rings. The fourth-order valence-electron chi connectivity index (χ4n) is 4.64. The Bertz CT molecular complexity index is 1170. The molecule has 2 aromatic rings. The number of nitrogens with zero attached hydrogens (tertiary/aromatic N) is 3. The van der Waals surface area contributed by atoms with Crippen molar-refractivity contribution in [1.29, 1.82) is 0 Å². The van der Waals surface area contributed by atoms with Gasteiger partial charge in [0.15, 0.2) is 11.5 Å². The van der Waals surface area contributed by atoms with E-state index < -0.39 is 40.1 Å². The van der Waals surface area contributed by atoms with E-state index in [4.69, 9.17) is 9.15 Å². The van der Waals surface area contributed by atoms with E-state index in [0.717, 1.165) is 0 Å². The molecule has 1 N–H and O–H groups in total. The number of hydrogen-bond donors (Lipinski definition) is 1. The van der Waals surface area contributed by atoms with Crippen LogP contribution < -0.4 is 10.1 Å². The highest BCUT2D eigenvalue weighted by atomic mass is 32.2. The Balaban J connectivity index is 1.48. The van der Waals surface area contributed by atoms with Crippen LogP contribution in [0.5, 0.6) is 5.75 Å². The largest absolute Gasteiger partial charge is 0.469 e. The Hall–Kier alpha value is -3.25. The molecular weight excluding hydrogens is 476 g/mol. The monoisotopic (exact) mass is 504 g/mol. The third kappa shape index (κ3) is 5.54. The molecule has 3 unspecified atom stereocenters. The van der Waals surface area contributed by atoms with Crippen molar-refractivity contribution in [2.24, 2.45) is 5.92 Å². The summed E-state index contributed by atoms with van der Waals surface area (Å²) in [6.07, 6.45) is 5.47. The molecule has 0 saturated carbocycles. The van der Waals surface area contributed by atoms with E-state index in [1.54, 1.807) is 18.3 Å². The number of nitrogens with one attached hydrogen (secondary N) is 1. The number of sulfonamides is 1. The Morgan fingerprint density at radius 3 is 2.77 bits per heavy atom. The van der Waals surface area contributed by atoms with Crippen molar-refractivity contribution in [1.82, 2.24) is 19.5 Å². The van der Waals surface area contributed by atoms with Gasteiger partial charge >= 0.3 is 6.09 Å². The molecule has 0 spiro atoms. The highest BCUT2D eigenvalue weighted by Crippen LogP contribution is 2.33. The van der Waals surface area contributed by atoms with Crippen molar-refractivity contribution < 1.29 is 32.0 Å². The molecule has 3 atom stereocenters. The number of aromatic nitrogens is 1. The lowest BCUT2D eigenvalue weighted by molar-refractivity contribution is -0.138. The fourth-order valence-corrected chi connectivity index (χ4v) is 6.36. The molecule has 0 bridgehead atoms. The van der Waals surface area contributed by atoms with Crippen LogP contribution >= 0.6 is 0 Å². The Morgan fingerprint density at radius 2 is 2.11 bits per heavy atom. The van der Waals surface area contributed by atoms with Gasteiger partial charge in [0.25, 0.3) is 0 Å². The number of carbonyl (C=O) groups is 3. The Labute approximate surface area is 203 Å². The van der Waals surface area contributed by atoms with Crippen molar-refractivity contribution in [3.05, 3.63) is 48.7 Å². The maximum absolute atomic E-state index is 13.5. The van der Waals surface area contributed by atoms with Gasteiger partial charge in [-0.05, 0) is 30.4 Å². The number of hydrogen-bond acceptors (Lipinski definition) is 8. The van der Waals surface area contributed by atoms with Crippen LogP contribution in [0.2, 0.25) is 0 Å². The van der Waals surface area contributed by atoms with Crippen LogP contribution in [-0.2, 0) is 25.4 Å². The van der Waals surface area contributed by atoms with Crippen LogP contribution in [-0.4, -0.2) is 71.6 Å². The second kappa shape index (κ2) is 10.2. The topological polar surface area (TPSA) is 139 Å². The Morgan fingerprint density at radius 1 is 1.31 bits per heavy atom. The summed E-state index contributed by atoms with van der Waals surface area (Å²) in [5.41, 5.74) is 0.520. The van der Waals surface area contributed by atoms with Gasteiger partial charge < -0.3 is 19.4 Å². The summed E-state index contributed by atoms with van der Waals surface area (Å²) < 4.78 is 37.4.